The van der Waals surface area contributed by atoms with Crippen LogP contribution in [0, 0.1) is 0 Å². The average molecular weight is 467 g/mol. The van der Waals surface area contributed by atoms with Gasteiger partial charge in [-0.2, -0.15) is 0 Å². The molecule has 5 heteroatoms. The lowest BCUT2D eigenvalue weighted by Crippen LogP contribution is -2.59. The van der Waals surface area contributed by atoms with Crippen molar-refractivity contribution in [2.24, 2.45) is 0 Å². The van der Waals surface area contributed by atoms with Gasteiger partial charge in [-0.05, 0) is 81.1 Å². The Morgan fingerprint density at radius 3 is 1.52 bits per heavy atom. The fourth-order valence-electron chi connectivity index (χ4n) is 6.41. The number of esters is 1. The summed E-state index contributed by atoms with van der Waals surface area (Å²) in [6.45, 7) is 18.7. The molecule has 2 aliphatic rings. The van der Waals surface area contributed by atoms with E-state index in [4.69, 9.17) is 9.47 Å². The molecule has 0 bridgehead atoms. The Hall–Kier alpha value is -0.650. The number of nitrogens with one attached hydrogen (secondary N) is 2. The number of piperidine rings is 2. The molecule has 2 N–H and O–H groups in total. The normalized spacial score (nSPS) is 24.5. The highest BCUT2D eigenvalue weighted by Crippen LogP contribution is 2.31. The van der Waals surface area contributed by atoms with Crippen LogP contribution in [0.3, 0.4) is 0 Å². The molecule has 0 radical (unpaired) electrons. The van der Waals surface area contributed by atoms with Crippen LogP contribution in [-0.2, 0) is 14.3 Å². The molecule has 0 aromatic carbocycles. The molecule has 2 aliphatic heterocycles. The predicted octanol–water partition coefficient (Wildman–Crippen LogP) is 6.29. The van der Waals surface area contributed by atoms with Crippen LogP contribution in [0.4, 0.5) is 0 Å². The van der Waals surface area contributed by atoms with Gasteiger partial charge < -0.3 is 20.1 Å². The van der Waals surface area contributed by atoms with Crippen molar-refractivity contribution in [1.82, 2.24) is 10.6 Å². The molecule has 2 fully saturated rings. The first kappa shape index (κ1) is 28.6. The van der Waals surface area contributed by atoms with E-state index >= 15 is 0 Å². The van der Waals surface area contributed by atoms with Crippen LogP contribution < -0.4 is 10.6 Å². The van der Waals surface area contributed by atoms with Gasteiger partial charge in [0, 0.05) is 48.0 Å². The van der Waals surface area contributed by atoms with E-state index in [-0.39, 0.29) is 34.2 Å². The Kier molecular flexibility index (Phi) is 10.3. The number of hydrogen-bond acceptors (Lipinski definition) is 5. The molecule has 0 atom stereocenters. The molecule has 33 heavy (non-hydrogen) atoms. The van der Waals surface area contributed by atoms with Gasteiger partial charge in [-0.15, -0.1) is 0 Å². The summed E-state index contributed by atoms with van der Waals surface area (Å²) in [5.41, 5.74) is 0.330. The summed E-state index contributed by atoms with van der Waals surface area (Å²) in [4.78, 5) is 12.3. The minimum Gasteiger partial charge on any atom is -0.462 e. The first-order chi connectivity index (χ1) is 15.2. The third-order valence-electron chi connectivity index (χ3n) is 6.98. The van der Waals surface area contributed by atoms with Crippen molar-refractivity contribution in [2.75, 3.05) is 6.61 Å². The third-order valence-corrected chi connectivity index (χ3v) is 6.98. The Morgan fingerprint density at radius 2 is 1.03 bits per heavy atom. The molecule has 2 heterocycles. The van der Waals surface area contributed by atoms with E-state index in [0.717, 1.165) is 51.6 Å². The number of carbonyl (C=O) groups is 1. The van der Waals surface area contributed by atoms with E-state index in [0.29, 0.717) is 12.5 Å². The summed E-state index contributed by atoms with van der Waals surface area (Å²) >= 11 is 0. The highest BCUT2D eigenvalue weighted by Gasteiger charge is 2.39. The van der Waals surface area contributed by atoms with E-state index in [1.54, 1.807) is 0 Å². The number of hydrogen-bond donors (Lipinski definition) is 2. The lowest BCUT2D eigenvalue weighted by molar-refractivity contribution is -0.153. The minimum atomic E-state index is -0.0186. The van der Waals surface area contributed by atoms with Gasteiger partial charge >= 0.3 is 5.97 Å². The lowest BCUT2D eigenvalue weighted by atomic mass is 9.81. The average Bonchev–Trinajstić information content (AvgIpc) is 2.57. The molecule has 0 saturated carbocycles. The van der Waals surface area contributed by atoms with Gasteiger partial charge in [-0.25, -0.2) is 0 Å². The molecule has 0 spiro atoms. The molecule has 0 unspecified atom stereocenters. The molecule has 0 aromatic rings. The molecular weight excluding hydrogens is 412 g/mol. The van der Waals surface area contributed by atoms with Crippen molar-refractivity contribution in [1.29, 1.82) is 0 Å². The highest BCUT2D eigenvalue weighted by atomic mass is 16.5. The number of rotatable bonds is 12. The number of ether oxygens (including phenoxy) is 2. The Morgan fingerprint density at radius 1 is 0.636 bits per heavy atom. The molecule has 0 amide bonds. The second-order valence-corrected chi connectivity index (χ2v) is 13.4. The van der Waals surface area contributed by atoms with E-state index in [1.165, 1.54) is 25.7 Å². The van der Waals surface area contributed by atoms with Crippen LogP contribution >= 0.6 is 0 Å². The van der Waals surface area contributed by atoms with Crippen molar-refractivity contribution >= 4 is 5.97 Å². The van der Waals surface area contributed by atoms with Crippen molar-refractivity contribution in [3.63, 3.8) is 0 Å². The molecule has 2 rings (SSSR count). The summed E-state index contributed by atoms with van der Waals surface area (Å²) < 4.78 is 12.0. The van der Waals surface area contributed by atoms with Crippen molar-refractivity contribution < 1.29 is 14.3 Å². The summed E-state index contributed by atoms with van der Waals surface area (Å²) in [6.07, 6.45) is 13.1. The number of unbranched alkanes of at least 4 members (excludes halogenated alkanes) is 6. The topological polar surface area (TPSA) is 59.6 Å². The highest BCUT2D eigenvalue weighted by molar-refractivity contribution is 5.69. The zero-order valence-corrected chi connectivity index (χ0v) is 23.1. The molecule has 5 nitrogen and oxygen atoms in total. The standard InChI is InChI=1S/C28H54N2O3/c1-25(2)18-22(19-26(3,4)29-25)32-17-15-13-11-9-10-12-14-16-24(31)33-23-20-27(5,6)30-28(7,8)21-23/h22-23,29-30H,9-21H2,1-8H3. The molecular formula is C28H54N2O3. The largest absolute Gasteiger partial charge is 0.462 e. The smallest absolute Gasteiger partial charge is 0.306 e. The van der Waals surface area contributed by atoms with E-state index < -0.39 is 0 Å². The van der Waals surface area contributed by atoms with Crippen LogP contribution in [0.25, 0.3) is 0 Å². The van der Waals surface area contributed by atoms with Gasteiger partial charge in [0.25, 0.3) is 0 Å². The van der Waals surface area contributed by atoms with Gasteiger partial charge in [-0.3, -0.25) is 4.79 Å². The zero-order chi connectivity index (χ0) is 24.8. The minimum absolute atomic E-state index is 0.0124. The fourth-order valence-corrected chi connectivity index (χ4v) is 6.41. The van der Waals surface area contributed by atoms with E-state index in [2.05, 4.69) is 66.0 Å². The maximum absolute atomic E-state index is 12.3. The van der Waals surface area contributed by atoms with E-state index in [9.17, 15) is 4.79 Å². The van der Waals surface area contributed by atoms with Crippen LogP contribution in [0.2, 0.25) is 0 Å². The fraction of sp³-hybridized carbons (Fsp3) is 0.964. The molecule has 194 valence electrons. The monoisotopic (exact) mass is 466 g/mol. The predicted molar refractivity (Wildman–Crippen MR) is 138 cm³/mol. The second kappa shape index (κ2) is 11.9. The Labute approximate surface area is 204 Å². The van der Waals surface area contributed by atoms with Gasteiger partial charge in [0.05, 0.1) is 6.10 Å². The van der Waals surface area contributed by atoms with Gasteiger partial charge in [0.2, 0.25) is 0 Å². The summed E-state index contributed by atoms with van der Waals surface area (Å²) in [5, 5.41) is 7.36. The first-order valence-corrected chi connectivity index (χ1v) is 13.6. The second-order valence-electron chi connectivity index (χ2n) is 13.4. The first-order valence-electron chi connectivity index (χ1n) is 13.6. The van der Waals surface area contributed by atoms with Crippen LogP contribution in [0.5, 0.6) is 0 Å². The zero-order valence-electron chi connectivity index (χ0n) is 23.1. The quantitative estimate of drug-likeness (QED) is 0.262. The SMILES string of the molecule is CC1(C)CC(OCCCCCCCCCC(=O)OC2CC(C)(C)NC(C)(C)C2)CC(C)(C)N1. The lowest BCUT2D eigenvalue weighted by Gasteiger charge is -2.46. The Bertz CT molecular complexity index is 580. The van der Waals surface area contributed by atoms with Crippen LogP contribution in [0.15, 0.2) is 0 Å². The van der Waals surface area contributed by atoms with Crippen molar-refractivity contribution in [3.05, 3.63) is 0 Å². The maximum Gasteiger partial charge on any atom is 0.306 e. The number of carbonyl (C=O) groups excluding carboxylic acids is 1. The third kappa shape index (κ3) is 11.6. The summed E-state index contributed by atoms with van der Waals surface area (Å²) in [7, 11) is 0. The van der Waals surface area contributed by atoms with Crippen molar-refractivity contribution in [3.8, 4) is 0 Å². The van der Waals surface area contributed by atoms with E-state index in [1.807, 2.05) is 0 Å². The van der Waals surface area contributed by atoms with Gasteiger partial charge in [0.15, 0.2) is 0 Å². The Balaban J connectivity index is 1.46. The van der Waals surface area contributed by atoms with Gasteiger partial charge in [0.1, 0.15) is 6.10 Å². The molecule has 2 saturated heterocycles. The summed E-state index contributed by atoms with van der Waals surface area (Å²) in [5.74, 6) is -0.0186. The van der Waals surface area contributed by atoms with Crippen LogP contribution in [0.1, 0.15) is 132 Å². The molecule has 0 aliphatic carbocycles. The van der Waals surface area contributed by atoms with Crippen molar-refractivity contribution in [2.45, 2.75) is 167 Å². The summed E-state index contributed by atoms with van der Waals surface area (Å²) in [6, 6.07) is 0. The van der Waals surface area contributed by atoms with Crippen LogP contribution in [-0.4, -0.2) is 46.9 Å². The van der Waals surface area contributed by atoms with Gasteiger partial charge in [-0.1, -0.05) is 32.1 Å². The molecule has 0 aromatic heterocycles. The maximum atomic E-state index is 12.3.